The second-order valence-electron chi connectivity index (χ2n) is 5.45. The second-order valence-corrected chi connectivity index (χ2v) is 6.50. The highest BCUT2D eigenvalue weighted by molar-refractivity contribution is 8.00. The first kappa shape index (κ1) is 15.1. The standard InChI is InChI=1S/C18H18FNOS/c19-14-8-10-15(11-9-14)22-12-18(21)20-17-7-3-5-13-4-1-2-6-16(13)17/h1-2,4,6,8-11,17H,3,5,7,12H2,(H,20,21)/t17-/m0/s1. The van der Waals surface area contributed by atoms with Gasteiger partial charge in [-0.15, -0.1) is 11.8 Å². The molecule has 0 fully saturated rings. The summed E-state index contributed by atoms with van der Waals surface area (Å²) in [7, 11) is 0. The van der Waals surface area contributed by atoms with Crippen LogP contribution in [0, 0.1) is 5.82 Å². The van der Waals surface area contributed by atoms with Crippen molar-refractivity contribution < 1.29 is 9.18 Å². The maximum absolute atomic E-state index is 12.8. The maximum Gasteiger partial charge on any atom is 0.230 e. The van der Waals surface area contributed by atoms with Gasteiger partial charge in [0.1, 0.15) is 5.82 Å². The van der Waals surface area contributed by atoms with Crippen molar-refractivity contribution in [1.82, 2.24) is 5.32 Å². The number of hydrogen-bond donors (Lipinski definition) is 1. The minimum Gasteiger partial charge on any atom is -0.349 e. The number of benzene rings is 2. The minimum absolute atomic E-state index is 0.0241. The zero-order valence-electron chi connectivity index (χ0n) is 12.2. The predicted molar refractivity (Wildman–Crippen MR) is 87.4 cm³/mol. The number of aryl methyl sites for hydroxylation is 1. The van der Waals surface area contributed by atoms with E-state index in [0.717, 1.165) is 24.2 Å². The van der Waals surface area contributed by atoms with E-state index in [-0.39, 0.29) is 17.8 Å². The highest BCUT2D eigenvalue weighted by Crippen LogP contribution is 2.29. The Labute approximate surface area is 134 Å². The molecule has 3 rings (SSSR count). The van der Waals surface area contributed by atoms with Crippen molar-refractivity contribution in [3.63, 3.8) is 0 Å². The number of nitrogens with one attached hydrogen (secondary N) is 1. The van der Waals surface area contributed by atoms with Crippen LogP contribution in [0.4, 0.5) is 4.39 Å². The van der Waals surface area contributed by atoms with E-state index >= 15 is 0 Å². The number of amides is 1. The van der Waals surface area contributed by atoms with E-state index in [1.165, 1.54) is 35.0 Å². The van der Waals surface area contributed by atoms with Gasteiger partial charge in [0, 0.05) is 4.90 Å². The molecule has 0 radical (unpaired) electrons. The van der Waals surface area contributed by atoms with Gasteiger partial charge in [0.25, 0.3) is 0 Å². The van der Waals surface area contributed by atoms with E-state index in [1.54, 1.807) is 12.1 Å². The fraction of sp³-hybridized carbons (Fsp3) is 0.278. The fourth-order valence-electron chi connectivity index (χ4n) is 2.82. The summed E-state index contributed by atoms with van der Waals surface area (Å²) in [6.07, 6.45) is 3.18. The van der Waals surface area contributed by atoms with E-state index in [2.05, 4.69) is 17.4 Å². The summed E-state index contributed by atoms with van der Waals surface area (Å²) >= 11 is 1.43. The summed E-state index contributed by atoms with van der Waals surface area (Å²) < 4.78 is 12.8. The summed E-state index contributed by atoms with van der Waals surface area (Å²) in [5, 5.41) is 3.12. The number of halogens is 1. The number of thioether (sulfide) groups is 1. The highest BCUT2D eigenvalue weighted by Gasteiger charge is 2.21. The lowest BCUT2D eigenvalue weighted by molar-refractivity contribution is -0.119. The molecule has 0 unspecified atom stereocenters. The van der Waals surface area contributed by atoms with Crippen LogP contribution >= 0.6 is 11.8 Å². The molecule has 1 atom stereocenters. The third-order valence-corrected chi connectivity index (χ3v) is 4.90. The molecule has 2 aromatic carbocycles. The summed E-state index contributed by atoms with van der Waals surface area (Å²) in [5.74, 6) is 0.119. The number of carbonyl (C=O) groups is 1. The van der Waals surface area contributed by atoms with Crippen molar-refractivity contribution >= 4 is 17.7 Å². The Hall–Kier alpha value is -1.81. The molecule has 0 aliphatic heterocycles. The van der Waals surface area contributed by atoms with Gasteiger partial charge in [-0.1, -0.05) is 24.3 Å². The van der Waals surface area contributed by atoms with Gasteiger partial charge in [-0.3, -0.25) is 4.79 Å². The van der Waals surface area contributed by atoms with E-state index in [4.69, 9.17) is 0 Å². The quantitative estimate of drug-likeness (QED) is 0.860. The van der Waals surface area contributed by atoms with Crippen LogP contribution in [0.2, 0.25) is 0 Å². The van der Waals surface area contributed by atoms with E-state index in [9.17, 15) is 9.18 Å². The van der Waals surface area contributed by atoms with Crippen molar-refractivity contribution in [2.45, 2.75) is 30.2 Å². The van der Waals surface area contributed by atoms with Gasteiger partial charge in [-0.05, 0) is 54.7 Å². The van der Waals surface area contributed by atoms with Crippen molar-refractivity contribution in [3.8, 4) is 0 Å². The first-order chi connectivity index (χ1) is 10.7. The lowest BCUT2D eigenvalue weighted by Gasteiger charge is -2.26. The monoisotopic (exact) mass is 315 g/mol. The summed E-state index contributed by atoms with van der Waals surface area (Å²) in [4.78, 5) is 13.1. The Morgan fingerprint density at radius 2 is 1.95 bits per heavy atom. The normalized spacial score (nSPS) is 16.9. The number of carbonyl (C=O) groups excluding carboxylic acids is 1. The SMILES string of the molecule is O=C(CSc1ccc(F)cc1)N[C@H]1CCCc2ccccc21. The Morgan fingerprint density at radius 3 is 2.77 bits per heavy atom. The molecular formula is C18H18FNOS. The van der Waals surface area contributed by atoms with Crippen LogP contribution in [0.15, 0.2) is 53.4 Å². The van der Waals surface area contributed by atoms with Crippen LogP contribution in [-0.2, 0) is 11.2 Å². The molecule has 22 heavy (non-hydrogen) atoms. The number of rotatable bonds is 4. The molecule has 114 valence electrons. The van der Waals surface area contributed by atoms with Crippen molar-refractivity contribution in [1.29, 1.82) is 0 Å². The molecule has 0 aromatic heterocycles. The van der Waals surface area contributed by atoms with Gasteiger partial charge >= 0.3 is 0 Å². The highest BCUT2D eigenvalue weighted by atomic mass is 32.2. The Bertz CT molecular complexity index is 656. The summed E-state index contributed by atoms with van der Waals surface area (Å²) in [6.45, 7) is 0. The molecule has 1 N–H and O–H groups in total. The number of fused-ring (bicyclic) bond motifs is 1. The van der Waals surface area contributed by atoms with Gasteiger partial charge < -0.3 is 5.32 Å². The summed E-state index contributed by atoms with van der Waals surface area (Å²) in [5.41, 5.74) is 2.58. The Morgan fingerprint density at radius 1 is 1.18 bits per heavy atom. The Balaban J connectivity index is 1.57. The van der Waals surface area contributed by atoms with Crippen molar-refractivity contribution in [3.05, 3.63) is 65.5 Å². The van der Waals surface area contributed by atoms with Crippen LogP contribution in [0.3, 0.4) is 0 Å². The smallest absolute Gasteiger partial charge is 0.230 e. The van der Waals surface area contributed by atoms with Gasteiger partial charge in [0.15, 0.2) is 0 Å². The van der Waals surface area contributed by atoms with Gasteiger partial charge in [0.2, 0.25) is 5.91 Å². The lowest BCUT2D eigenvalue weighted by Crippen LogP contribution is -2.32. The fourth-order valence-corrected chi connectivity index (χ4v) is 3.53. The molecule has 0 saturated carbocycles. The summed E-state index contributed by atoms with van der Waals surface area (Å²) in [6, 6.07) is 14.7. The van der Waals surface area contributed by atoms with Gasteiger partial charge in [0.05, 0.1) is 11.8 Å². The maximum atomic E-state index is 12.8. The topological polar surface area (TPSA) is 29.1 Å². The molecule has 1 aliphatic carbocycles. The van der Waals surface area contributed by atoms with Crippen LogP contribution in [-0.4, -0.2) is 11.7 Å². The number of hydrogen-bond acceptors (Lipinski definition) is 2. The molecule has 0 bridgehead atoms. The van der Waals surface area contributed by atoms with Crippen LogP contribution < -0.4 is 5.32 Å². The molecule has 0 spiro atoms. The van der Waals surface area contributed by atoms with Crippen molar-refractivity contribution in [2.75, 3.05) is 5.75 Å². The average Bonchev–Trinajstić information content (AvgIpc) is 2.55. The molecular weight excluding hydrogens is 297 g/mol. The van der Waals surface area contributed by atoms with E-state index in [1.807, 2.05) is 12.1 Å². The van der Waals surface area contributed by atoms with E-state index < -0.39 is 0 Å². The average molecular weight is 315 g/mol. The predicted octanol–water partition coefficient (Wildman–Crippen LogP) is 4.11. The van der Waals surface area contributed by atoms with Crippen LogP contribution in [0.25, 0.3) is 0 Å². The molecule has 2 nitrogen and oxygen atoms in total. The third kappa shape index (κ3) is 3.69. The van der Waals surface area contributed by atoms with Crippen molar-refractivity contribution in [2.24, 2.45) is 0 Å². The van der Waals surface area contributed by atoms with Gasteiger partial charge in [-0.25, -0.2) is 4.39 Å². The first-order valence-electron chi connectivity index (χ1n) is 7.48. The zero-order valence-corrected chi connectivity index (χ0v) is 13.0. The lowest BCUT2D eigenvalue weighted by atomic mass is 9.88. The van der Waals surface area contributed by atoms with Crippen LogP contribution in [0.1, 0.15) is 30.0 Å². The molecule has 0 saturated heterocycles. The molecule has 0 heterocycles. The Kier molecular flexibility index (Phi) is 4.78. The molecule has 1 aliphatic rings. The third-order valence-electron chi connectivity index (χ3n) is 3.89. The first-order valence-corrected chi connectivity index (χ1v) is 8.46. The van der Waals surface area contributed by atoms with Gasteiger partial charge in [-0.2, -0.15) is 0 Å². The second kappa shape index (κ2) is 6.97. The minimum atomic E-state index is -0.257. The van der Waals surface area contributed by atoms with E-state index in [0.29, 0.717) is 5.75 Å². The molecule has 2 aromatic rings. The molecule has 4 heteroatoms. The van der Waals surface area contributed by atoms with Crippen LogP contribution in [0.5, 0.6) is 0 Å². The zero-order chi connectivity index (χ0) is 15.4. The largest absolute Gasteiger partial charge is 0.349 e. The molecule has 1 amide bonds.